The van der Waals surface area contributed by atoms with Crippen LogP contribution in [0, 0.1) is 11.8 Å². The molecule has 2 saturated heterocycles. The van der Waals surface area contributed by atoms with Gasteiger partial charge in [0.15, 0.2) is 0 Å². The highest BCUT2D eigenvalue weighted by molar-refractivity contribution is 4.86. The van der Waals surface area contributed by atoms with Gasteiger partial charge >= 0.3 is 0 Å². The van der Waals surface area contributed by atoms with E-state index in [1.54, 1.807) is 0 Å². The van der Waals surface area contributed by atoms with Gasteiger partial charge in [-0.3, -0.25) is 4.90 Å². The number of quaternary nitrogens is 1. The third-order valence-electron chi connectivity index (χ3n) is 3.27. The lowest BCUT2D eigenvalue weighted by atomic mass is 10.0. The minimum atomic E-state index is 0.764. The van der Waals surface area contributed by atoms with Crippen LogP contribution in [0.1, 0.15) is 13.8 Å². The van der Waals surface area contributed by atoms with Gasteiger partial charge in [0.05, 0.1) is 13.1 Å². The minimum Gasteiger partial charge on any atom is -0.346 e. The SMILES string of the molecule is CC(C)N1CC2C[NH2+]CC2C1. The van der Waals surface area contributed by atoms with Crippen molar-refractivity contribution < 1.29 is 5.32 Å². The Hall–Kier alpha value is -0.0800. The molecule has 2 N–H and O–H groups in total. The third-order valence-corrected chi connectivity index (χ3v) is 3.27. The van der Waals surface area contributed by atoms with Crippen LogP contribution in [-0.4, -0.2) is 37.1 Å². The highest BCUT2D eigenvalue weighted by Crippen LogP contribution is 2.24. The zero-order valence-electron chi connectivity index (χ0n) is 7.59. The van der Waals surface area contributed by atoms with Crippen molar-refractivity contribution in [1.29, 1.82) is 0 Å². The number of hydrogen-bond acceptors (Lipinski definition) is 1. The summed E-state index contributed by atoms with van der Waals surface area (Å²) in [4.78, 5) is 2.63. The van der Waals surface area contributed by atoms with Crippen LogP contribution in [0.4, 0.5) is 0 Å². The summed E-state index contributed by atoms with van der Waals surface area (Å²) in [7, 11) is 0. The summed E-state index contributed by atoms with van der Waals surface area (Å²) < 4.78 is 0. The van der Waals surface area contributed by atoms with Gasteiger partial charge in [-0.25, -0.2) is 0 Å². The Labute approximate surface area is 69.0 Å². The Morgan fingerprint density at radius 3 is 2.18 bits per heavy atom. The molecule has 0 bridgehead atoms. The molecule has 64 valence electrons. The first-order valence-electron chi connectivity index (χ1n) is 4.83. The zero-order chi connectivity index (χ0) is 7.84. The Morgan fingerprint density at radius 1 is 1.18 bits per heavy atom. The second-order valence-electron chi connectivity index (χ2n) is 4.33. The molecule has 2 aliphatic rings. The molecule has 0 spiro atoms. The lowest BCUT2D eigenvalue weighted by molar-refractivity contribution is -0.640. The van der Waals surface area contributed by atoms with Gasteiger partial charge in [-0.05, 0) is 13.8 Å². The van der Waals surface area contributed by atoms with Crippen molar-refractivity contribution in [3.8, 4) is 0 Å². The van der Waals surface area contributed by atoms with Crippen LogP contribution in [0.5, 0.6) is 0 Å². The number of rotatable bonds is 1. The van der Waals surface area contributed by atoms with E-state index in [1.165, 1.54) is 26.2 Å². The van der Waals surface area contributed by atoms with Gasteiger partial charge in [0.25, 0.3) is 0 Å². The molecule has 2 nitrogen and oxygen atoms in total. The van der Waals surface area contributed by atoms with E-state index in [4.69, 9.17) is 0 Å². The van der Waals surface area contributed by atoms with Crippen LogP contribution >= 0.6 is 0 Å². The average Bonchev–Trinajstić information content (AvgIpc) is 2.40. The molecule has 2 rings (SSSR count). The predicted molar refractivity (Wildman–Crippen MR) is 45.3 cm³/mol. The first-order valence-corrected chi connectivity index (χ1v) is 4.83. The maximum Gasteiger partial charge on any atom is 0.0801 e. The topological polar surface area (TPSA) is 19.9 Å². The first-order chi connectivity index (χ1) is 5.27. The van der Waals surface area contributed by atoms with Crippen LogP contribution in [-0.2, 0) is 0 Å². The monoisotopic (exact) mass is 155 g/mol. The Bertz CT molecular complexity index is 132. The molecule has 2 atom stereocenters. The van der Waals surface area contributed by atoms with Crippen molar-refractivity contribution in [2.75, 3.05) is 26.2 Å². The van der Waals surface area contributed by atoms with Crippen LogP contribution in [0.3, 0.4) is 0 Å². The molecule has 0 saturated carbocycles. The second kappa shape index (κ2) is 2.76. The fraction of sp³-hybridized carbons (Fsp3) is 1.00. The summed E-state index contributed by atoms with van der Waals surface area (Å²) in [6.45, 7) is 10.1. The number of nitrogens with zero attached hydrogens (tertiary/aromatic N) is 1. The summed E-state index contributed by atoms with van der Waals surface area (Å²) in [5.74, 6) is 2.02. The molecule has 11 heavy (non-hydrogen) atoms. The molecule has 0 radical (unpaired) electrons. The average molecular weight is 155 g/mol. The zero-order valence-corrected chi connectivity index (χ0v) is 7.59. The summed E-state index contributed by atoms with van der Waals surface area (Å²) in [5.41, 5.74) is 0. The highest BCUT2D eigenvalue weighted by Gasteiger charge is 2.39. The van der Waals surface area contributed by atoms with Crippen LogP contribution in [0.15, 0.2) is 0 Å². The first kappa shape index (κ1) is 7.56. The molecule has 2 heterocycles. The summed E-state index contributed by atoms with van der Waals surface area (Å²) in [5, 5.41) is 2.48. The molecule has 2 heteroatoms. The smallest absolute Gasteiger partial charge is 0.0801 e. The van der Waals surface area contributed by atoms with Crippen molar-refractivity contribution in [3.63, 3.8) is 0 Å². The van der Waals surface area contributed by atoms with Gasteiger partial charge in [0, 0.05) is 31.0 Å². The van der Waals surface area contributed by atoms with Crippen molar-refractivity contribution >= 4 is 0 Å². The van der Waals surface area contributed by atoms with Gasteiger partial charge in [-0.15, -0.1) is 0 Å². The Kier molecular flexibility index (Phi) is 1.90. The normalized spacial score (nSPS) is 38.5. The minimum absolute atomic E-state index is 0.764. The largest absolute Gasteiger partial charge is 0.346 e. The molecule has 0 aromatic carbocycles. The van der Waals surface area contributed by atoms with E-state index in [0.29, 0.717) is 0 Å². The van der Waals surface area contributed by atoms with E-state index in [-0.39, 0.29) is 0 Å². The van der Waals surface area contributed by atoms with E-state index in [2.05, 4.69) is 24.1 Å². The maximum atomic E-state index is 2.63. The number of likely N-dealkylation sites (tertiary alicyclic amines) is 1. The number of nitrogens with two attached hydrogens (primary N) is 1. The van der Waals surface area contributed by atoms with Crippen molar-refractivity contribution in [2.24, 2.45) is 11.8 Å². The number of fused-ring (bicyclic) bond motifs is 1. The van der Waals surface area contributed by atoms with E-state index >= 15 is 0 Å². The van der Waals surface area contributed by atoms with E-state index in [1.807, 2.05) is 0 Å². The van der Waals surface area contributed by atoms with Crippen LogP contribution in [0.25, 0.3) is 0 Å². The number of hydrogen-bond donors (Lipinski definition) is 1. The lowest BCUT2D eigenvalue weighted by Crippen LogP contribution is -2.82. The molecular formula is C9H19N2+. The second-order valence-corrected chi connectivity index (χ2v) is 4.33. The van der Waals surface area contributed by atoms with Gasteiger partial charge < -0.3 is 5.32 Å². The predicted octanol–water partition coefficient (Wildman–Crippen LogP) is -0.480. The third kappa shape index (κ3) is 1.30. The molecule has 0 aromatic heterocycles. The van der Waals surface area contributed by atoms with Crippen LogP contribution < -0.4 is 5.32 Å². The van der Waals surface area contributed by atoms with E-state index in [0.717, 1.165) is 17.9 Å². The quantitative estimate of drug-likeness (QED) is 0.542. The summed E-state index contributed by atoms with van der Waals surface area (Å²) in [6.07, 6.45) is 0. The van der Waals surface area contributed by atoms with Gasteiger partial charge in [-0.1, -0.05) is 0 Å². The molecular weight excluding hydrogens is 136 g/mol. The maximum absolute atomic E-state index is 2.63. The molecule has 0 amide bonds. The molecule has 0 aromatic rings. The standard InChI is InChI=1S/C9H18N2/c1-7(2)11-5-8-3-10-4-9(8)6-11/h7-10H,3-6H2,1-2H3/p+1. The van der Waals surface area contributed by atoms with Crippen molar-refractivity contribution in [3.05, 3.63) is 0 Å². The Balaban J connectivity index is 1.94. The van der Waals surface area contributed by atoms with Gasteiger partial charge in [0.2, 0.25) is 0 Å². The van der Waals surface area contributed by atoms with E-state index in [9.17, 15) is 0 Å². The van der Waals surface area contributed by atoms with Gasteiger partial charge in [0.1, 0.15) is 0 Å². The lowest BCUT2D eigenvalue weighted by Gasteiger charge is -2.20. The fourth-order valence-electron chi connectivity index (χ4n) is 2.46. The van der Waals surface area contributed by atoms with Crippen LogP contribution in [0.2, 0.25) is 0 Å². The molecule has 2 fully saturated rings. The summed E-state index contributed by atoms with van der Waals surface area (Å²) in [6, 6.07) is 0.764. The Morgan fingerprint density at radius 2 is 1.73 bits per heavy atom. The fourth-order valence-corrected chi connectivity index (χ4v) is 2.46. The van der Waals surface area contributed by atoms with E-state index < -0.39 is 0 Å². The molecule has 2 aliphatic heterocycles. The van der Waals surface area contributed by atoms with Crippen molar-refractivity contribution in [2.45, 2.75) is 19.9 Å². The highest BCUT2D eigenvalue weighted by atomic mass is 15.2. The van der Waals surface area contributed by atoms with Crippen molar-refractivity contribution in [1.82, 2.24) is 4.90 Å². The summed E-state index contributed by atoms with van der Waals surface area (Å²) >= 11 is 0. The molecule has 0 aliphatic carbocycles. The van der Waals surface area contributed by atoms with Gasteiger partial charge in [-0.2, -0.15) is 0 Å². The molecule has 2 unspecified atom stereocenters.